The van der Waals surface area contributed by atoms with E-state index in [9.17, 15) is 4.79 Å². The lowest BCUT2D eigenvalue weighted by atomic mass is 10.1. The van der Waals surface area contributed by atoms with Gasteiger partial charge in [-0.25, -0.2) is 9.97 Å². The Morgan fingerprint density at radius 1 is 0.964 bits per heavy atom. The highest BCUT2D eigenvalue weighted by molar-refractivity contribution is 6.03. The van der Waals surface area contributed by atoms with Crippen LogP contribution < -0.4 is 15.4 Å². The summed E-state index contributed by atoms with van der Waals surface area (Å²) in [6.45, 7) is 7.89. The Kier molecular flexibility index (Phi) is 5.89. The number of nitrogens with zero attached hydrogens (tertiary/aromatic N) is 2. The Balaban J connectivity index is 1.65. The number of carbonyl (C=O) groups excluding carboxylic acids is 1. The van der Waals surface area contributed by atoms with Gasteiger partial charge in [-0.15, -0.1) is 0 Å². The van der Waals surface area contributed by atoms with Crippen LogP contribution in [0.2, 0.25) is 0 Å². The number of para-hydroxylation sites is 1. The number of hydrogen-bond acceptors (Lipinski definition) is 5. The summed E-state index contributed by atoms with van der Waals surface area (Å²) in [6, 6.07) is 13.5. The van der Waals surface area contributed by atoms with Crippen molar-refractivity contribution < 1.29 is 9.53 Å². The van der Waals surface area contributed by atoms with Gasteiger partial charge in [0.15, 0.2) is 0 Å². The third-order valence-electron chi connectivity index (χ3n) is 4.10. The summed E-state index contributed by atoms with van der Waals surface area (Å²) < 4.78 is 5.63. The van der Waals surface area contributed by atoms with Crippen molar-refractivity contribution in [1.29, 1.82) is 0 Å². The Morgan fingerprint density at radius 3 is 2.21 bits per heavy atom. The molecule has 1 aromatic heterocycles. The summed E-state index contributed by atoms with van der Waals surface area (Å²) in [5.74, 6) is 1.08. The fraction of sp³-hybridized carbons (Fsp3) is 0.227. The standard InChI is InChI=1S/C22H24N4O2/c1-14(2)28-18-10-8-17(9-11-18)25-20-13-23-19(12-24-20)22(27)26-21-15(3)6-5-7-16(21)4/h5-14H,1-4H3,(H,24,25)(H,26,27). The van der Waals surface area contributed by atoms with E-state index in [1.165, 1.54) is 12.4 Å². The van der Waals surface area contributed by atoms with E-state index < -0.39 is 0 Å². The molecule has 0 saturated heterocycles. The van der Waals surface area contributed by atoms with E-state index in [1.54, 1.807) is 0 Å². The fourth-order valence-electron chi connectivity index (χ4n) is 2.74. The van der Waals surface area contributed by atoms with Crippen molar-refractivity contribution in [2.45, 2.75) is 33.8 Å². The number of aromatic nitrogens is 2. The molecule has 1 amide bonds. The van der Waals surface area contributed by atoms with Gasteiger partial charge in [0.1, 0.15) is 17.3 Å². The monoisotopic (exact) mass is 376 g/mol. The molecule has 6 heteroatoms. The molecule has 1 heterocycles. The molecule has 2 N–H and O–H groups in total. The maximum absolute atomic E-state index is 12.5. The Labute approximate surface area is 165 Å². The van der Waals surface area contributed by atoms with Crippen LogP contribution in [0, 0.1) is 13.8 Å². The molecule has 28 heavy (non-hydrogen) atoms. The van der Waals surface area contributed by atoms with Crippen LogP contribution >= 0.6 is 0 Å². The summed E-state index contributed by atoms with van der Waals surface area (Å²) in [7, 11) is 0. The van der Waals surface area contributed by atoms with Crippen LogP contribution in [0.5, 0.6) is 5.75 Å². The minimum absolute atomic E-state index is 0.131. The van der Waals surface area contributed by atoms with Crippen LogP contribution in [0.15, 0.2) is 54.9 Å². The van der Waals surface area contributed by atoms with E-state index in [0.29, 0.717) is 5.82 Å². The van der Waals surface area contributed by atoms with Crippen LogP contribution in [0.25, 0.3) is 0 Å². The third kappa shape index (κ3) is 4.85. The predicted octanol–water partition coefficient (Wildman–Crippen LogP) is 4.88. The zero-order valence-corrected chi connectivity index (χ0v) is 16.5. The number of rotatable bonds is 6. The zero-order chi connectivity index (χ0) is 20.1. The topological polar surface area (TPSA) is 76.1 Å². The molecule has 0 aliphatic heterocycles. The largest absolute Gasteiger partial charge is 0.491 e. The van der Waals surface area contributed by atoms with Gasteiger partial charge < -0.3 is 15.4 Å². The second-order valence-electron chi connectivity index (χ2n) is 6.82. The summed E-state index contributed by atoms with van der Waals surface area (Å²) in [5, 5.41) is 6.07. The molecular formula is C22H24N4O2. The van der Waals surface area contributed by atoms with Crippen LogP contribution in [-0.4, -0.2) is 22.0 Å². The van der Waals surface area contributed by atoms with Crippen molar-refractivity contribution in [2.24, 2.45) is 0 Å². The Hall–Kier alpha value is -3.41. The molecule has 2 aromatic carbocycles. The normalized spacial score (nSPS) is 10.6. The molecular weight excluding hydrogens is 352 g/mol. The number of aryl methyl sites for hydroxylation is 2. The molecule has 3 rings (SSSR count). The summed E-state index contributed by atoms with van der Waals surface area (Å²) >= 11 is 0. The van der Waals surface area contributed by atoms with Crippen molar-refractivity contribution in [3.63, 3.8) is 0 Å². The number of benzene rings is 2. The van der Waals surface area contributed by atoms with Gasteiger partial charge in [-0.3, -0.25) is 4.79 Å². The second kappa shape index (κ2) is 8.52. The summed E-state index contributed by atoms with van der Waals surface area (Å²) in [4.78, 5) is 21.0. The Bertz CT molecular complexity index is 931. The first kappa shape index (κ1) is 19.4. The maximum Gasteiger partial charge on any atom is 0.275 e. The molecule has 6 nitrogen and oxygen atoms in total. The van der Waals surface area contributed by atoms with E-state index >= 15 is 0 Å². The number of amides is 1. The fourth-order valence-corrected chi connectivity index (χ4v) is 2.74. The van der Waals surface area contributed by atoms with Gasteiger partial charge in [-0.2, -0.15) is 0 Å². The van der Waals surface area contributed by atoms with Gasteiger partial charge in [0.25, 0.3) is 5.91 Å². The lowest BCUT2D eigenvalue weighted by Gasteiger charge is -2.12. The molecule has 0 aliphatic carbocycles. The highest BCUT2D eigenvalue weighted by Gasteiger charge is 2.11. The predicted molar refractivity (Wildman–Crippen MR) is 111 cm³/mol. The number of ether oxygens (including phenoxy) is 1. The van der Waals surface area contributed by atoms with Crippen molar-refractivity contribution in [3.05, 3.63) is 71.7 Å². The molecule has 3 aromatic rings. The van der Waals surface area contributed by atoms with Gasteiger partial charge in [-0.05, 0) is 63.1 Å². The number of anilines is 3. The molecule has 0 saturated carbocycles. The summed E-state index contributed by atoms with van der Waals surface area (Å²) in [5.41, 5.74) is 3.93. The lowest BCUT2D eigenvalue weighted by molar-refractivity contribution is 0.102. The molecule has 0 atom stereocenters. The maximum atomic E-state index is 12.5. The Morgan fingerprint density at radius 2 is 1.64 bits per heavy atom. The van der Waals surface area contributed by atoms with Gasteiger partial charge >= 0.3 is 0 Å². The van der Waals surface area contributed by atoms with Crippen molar-refractivity contribution in [1.82, 2.24) is 9.97 Å². The lowest BCUT2D eigenvalue weighted by Crippen LogP contribution is -2.15. The van der Waals surface area contributed by atoms with E-state index in [0.717, 1.165) is 28.3 Å². The average molecular weight is 376 g/mol. The third-order valence-corrected chi connectivity index (χ3v) is 4.10. The molecule has 0 unspecified atom stereocenters. The highest BCUT2D eigenvalue weighted by Crippen LogP contribution is 2.21. The van der Waals surface area contributed by atoms with Crippen LogP contribution in [-0.2, 0) is 0 Å². The number of nitrogens with one attached hydrogen (secondary N) is 2. The minimum atomic E-state index is -0.286. The molecule has 0 fully saturated rings. The van der Waals surface area contributed by atoms with Crippen LogP contribution in [0.1, 0.15) is 35.5 Å². The van der Waals surface area contributed by atoms with Gasteiger partial charge in [0, 0.05) is 11.4 Å². The quantitative estimate of drug-likeness (QED) is 0.641. The van der Waals surface area contributed by atoms with E-state index in [2.05, 4.69) is 20.6 Å². The molecule has 0 spiro atoms. The molecule has 144 valence electrons. The summed E-state index contributed by atoms with van der Waals surface area (Å²) in [6.07, 6.45) is 3.13. The van der Waals surface area contributed by atoms with Crippen LogP contribution in [0.3, 0.4) is 0 Å². The van der Waals surface area contributed by atoms with Crippen molar-refractivity contribution >= 4 is 23.1 Å². The smallest absolute Gasteiger partial charge is 0.275 e. The van der Waals surface area contributed by atoms with Crippen molar-refractivity contribution in [2.75, 3.05) is 10.6 Å². The molecule has 0 aliphatic rings. The van der Waals surface area contributed by atoms with Crippen molar-refractivity contribution in [3.8, 4) is 5.75 Å². The second-order valence-corrected chi connectivity index (χ2v) is 6.82. The first-order valence-electron chi connectivity index (χ1n) is 9.15. The van der Waals surface area contributed by atoms with E-state index in [4.69, 9.17) is 4.74 Å². The molecule has 0 bridgehead atoms. The average Bonchev–Trinajstić information content (AvgIpc) is 2.66. The van der Waals surface area contributed by atoms with Gasteiger partial charge in [-0.1, -0.05) is 18.2 Å². The molecule has 0 radical (unpaired) electrons. The number of hydrogen-bond donors (Lipinski definition) is 2. The first-order valence-corrected chi connectivity index (χ1v) is 9.15. The SMILES string of the molecule is Cc1cccc(C)c1NC(=O)c1cnc(Nc2ccc(OC(C)C)cc2)cn1. The van der Waals surface area contributed by atoms with Crippen LogP contribution in [0.4, 0.5) is 17.2 Å². The van der Waals surface area contributed by atoms with E-state index in [-0.39, 0.29) is 17.7 Å². The highest BCUT2D eigenvalue weighted by atomic mass is 16.5. The van der Waals surface area contributed by atoms with E-state index in [1.807, 2.05) is 70.2 Å². The zero-order valence-electron chi connectivity index (χ0n) is 16.5. The number of carbonyl (C=O) groups is 1. The first-order chi connectivity index (χ1) is 13.4. The van der Waals surface area contributed by atoms with Gasteiger partial charge in [0.05, 0.1) is 18.5 Å². The van der Waals surface area contributed by atoms with Gasteiger partial charge in [0.2, 0.25) is 0 Å². The minimum Gasteiger partial charge on any atom is -0.491 e.